The molecule has 0 atom stereocenters. The minimum Gasteiger partial charge on any atom is -0.299 e. The molecule has 0 unspecified atom stereocenters. The number of ketones is 1. The van der Waals surface area contributed by atoms with Crippen molar-refractivity contribution in [1.29, 1.82) is 0 Å². The van der Waals surface area contributed by atoms with E-state index in [4.69, 9.17) is 0 Å². The molecule has 0 N–H and O–H groups in total. The van der Waals surface area contributed by atoms with Crippen LogP contribution in [0.25, 0.3) is 0 Å². The van der Waals surface area contributed by atoms with E-state index in [9.17, 15) is 9.59 Å². The average molecular weight is 160 g/mol. The topological polar surface area (TPSA) is 34.1 Å². The van der Waals surface area contributed by atoms with Crippen LogP contribution in [0.2, 0.25) is 0 Å². The molecule has 0 aromatic rings. The molecule has 0 spiro atoms. The van der Waals surface area contributed by atoms with Gasteiger partial charge in [-0.05, 0) is 13.3 Å². The van der Waals surface area contributed by atoms with Crippen LogP contribution < -0.4 is 0 Å². The molecule has 2 nitrogen and oxygen atoms in total. The second-order valence-electron chi connectivity index (χ2n) is 2.11. The summed E-state index contributed by atoms with van der Waals surface area (Å²) in [6, 6.07) is 0. The van der Waals surface area contributed by atoms with Gasteiger partial charge < -0.3 is 0 Å². The van der Waals surface area contributed by atoms with E-state index in [1.54, 1.807) is 0 Å². The van der Waals surface area contributed by atoms with Crippen LogP contribution in [0.5, 0.6) is 0 Å². The molecule has 0 heterocycles. The maximum atomic E-state index is 10.8. The van der Waals surface area contributed by atoms with Gasteiger partial charge in [0.15, 0.2) is 5.12 Å². The number of thioether (sulfide) groups is 1. The van der Waals surface area contributed by atoms with E-state index in [1.807, 2.05) is 6.92 Å². The predicted molar refractivity (Wildman–Crippen MR) is 43.1 cm³/mol. The molecule has 0 fully saturated rings. The summed E-state index contributed by atoms with van der Waals surface area (Å²) in [5.74, 6) is 0.396. The van der Waals surface area contributed by atoms with Crippen molar-refractivity contribution < 1.29 is 9.59 Å². The summed E-state index contributed by atoms with van der Waals surface area (Å²) in [5, 5.41) is 0.123. The van der Waals surface area contributed by atoms with Crippen molar-refractivity contribution in [1.82, 2.24) is 0 Å². The number of carbonyl (C=O) groups is 2. The highest BCUT2D eigenvalue weighted by atomic mass is 32.2. The monoisotopic (exact) mass is 160 g/mol. The third kappa shape index (κ3) is 5.82. The molecule has 0 aromatic heterocycles. The zero-order valence-corrected chi connectivity index (χ0v) is 7.16. The van der Waals surface area contributed by atoms with E-state index in [-0.39, 0.29) is 10.9 Å². The summed E-state index contributed by atoms with van der Waals surface area (Å²) >= 11 is 1.12. The van der Waals surface area contributed by atoms with Gasteiger partial charge >= 0.3 is 0 Å². The van der Waals surface area contributed by atoms with Gasteiger partial charge in [0.25, 0.3) is 0 Å². The molecule has 0 saturated heterocycles. The normalized spacial score (nSPS) is 9.40. The van der Waals surface area contributed by atoms with Gasteiger partial charge in [-0.3, -0.25) is 9.59 Å². The van der Waals surface area contributed by atoms with E-state index in [0.717, 1.165) is 18.2 Å². The molecule has 10 heavy (non-hydrogen) atoms. The number of hydrogen-bond acceptors (Lipinski definition) is 3. The van der Waals surface area contributed by atoms with Crippen molar-refractivity contribution in [2.45, 2.75) is 26.7 Å². The van der Waals surface area contributed by atoms with Gasteiger partial charge in [-0.25, -0.2) is 0 Å². The van der Waals surface area contributed by atoms with E-state index >= 15 is 0 Å². The molecule has 0 aromatic carbocycles. The average Bonchev–Trinajstić information content (AvgIpc) is 1.85. The van der Waals surface area contributed by atoms with Crippen molar-refractivity contribution in [3.63, 3.8) is 0 Å². The quantitative estimate of drug-likeness (QED) is 0.627. The molecule has 0 aliphatic heterocycles. The van der Waals surface area contributed by atoms with Gasteiger partial charge in [-0.2, -0.15) is 0 Å². The molecule has 0 bridgehead atoms. The summed E-state index contributed by atoms with van der Waals surface area (Å²) in [6.45, 7) is 3.44. The Morgan fingerprint density at radius 1 is 1.40 bits per heavy atom. The first-order valence-electron chi connectivity index (χ1n) is 3.32. The lowest BCUT2D eigenvalue weighted by Crippen LogP contribution is -1.98. The fraction of sp³-hybridized carbons (Fsp3) is 0.714. The van der Waals surface area contributed by atoms with Crippen LogP contribution in [-0.4, -0.2) is 16.7 Å². The lowest BCUT2D eigenvalue weighted by atomic mass is 10.4. The maximum Gasteiger partial charge on any atom is 0.189 e. The van der Waals surface area contributed by atoms with E-state index < -0.39 is 0 Å². The van der Waals surface area contributed by atoms with E-state index in [0.29, 0.717) is 12.2 Å². The molecule has 3 heteroatoms. The number of hydrogen-bond donors (Lipinski definition) is 0. The smallest absolute Gasteiger partial charge is 0.189 e. The zero-order chi connectivity index (χ0) is 7.98. The van der Waals surface area contributed by atoms with Crippen LogP contribution in [0.1, 0.15) is 26.7 Å². The number of Topliss-reactive ketones (excluding diaryl/α,β-unsaturated/α-hetero) is 1. The molecular formula is C7H12O2S. The molecular weight excluding hydrogens is 148 g/mol. The largest absolute Gasteiger partial charge is 0.299 e. The second kappa shape index (κ2) is 5.47. The van der Waals surface area contributed by atoms with E-state index in [2.05, 4.69) is 0 Å². The Kier molecular flexibility index (Phi) is 5.30. The van der Waals surface area contributed by atoms with Crippen molar-refractivity contribution in [2.24, 2.45) is 0 Å². The molecule has 0 aliphatic carbocycles. The van der Waals surface area contributed by atoms with Crippen LogP contribution in [0, 0.1) is 0 Å². The lowest BCUT2D eigenvalue weighted by Gasteiger charge is -1.93. The van der Waals surface area contributed by atoms with Gasteiger partial charge in [0.2, 0.25) is 0 Å². The highest BCUT2D eigenvalue weighted by molar-refractivity contribution is 8.14. The first kappa shape index (κ1) is 9.69. The number of rotatable bonds is 4. The first-order valence-corrected chi connectivity index (χ1v) is 4.30. The minimum atomic E-state index is 0.0643. The minimum absolute atomic E-state index is 0.0643. The Balaban J connectivity index is 3.30. The highest BCUT2D eigenvalue weighted by Gasteiger charge is 2.01. The first-order chi connectivity index (χ1) is 4.66. The van der Waals surface area contributed by atoms with Gasteiger partial charge in [0.1, 0.15) is 5.78 Å². The fourth-order valence-electron chi connectivity index (χ4n) is 0.458. The third-order valence-electron chi connectivity index (χ3n) is 0.891. The van der Waals surface area contributed by atoms with Crippen molar-refractivity contribution >= 4 is 22.7 Å². The van der Waals surface area contributed by atoms with Gasteiger partial charge in [0, 0.05) is 6.42 Å². The molecule has 0 saturated carbocycles. The van der Waals surface area contributed by atoms with Crippen LogP contribution in [0.3, 0.4) is 0 Å². The maximum absolute atomic E-state index is 10.8. The van der Waals surface area contributed by atoms with Crippen LogP contribution in [0.4, 0.5) is 0 Å². The molecule has 0 rings (SSSR count). The molecule has 58 valence electrons. The Hall–Kier alpha value is -0.310. The summed E-state index contributed by atoms with van der Waals surface area (Å²) in [5.41, 5.74) is 0. The van der Waals surface area contributed by atoms with Gasteiger partial charge in [-0.15, -0.1) is 0 Å². The predicted octanol–water partition coefficient (Wildman–Crippen LogP) is 1.64. The van der Waals surface area contributed by atoms with Crippen LogP contribution in [0.15, 0.2) is 0 Å². The van der Waals surface area contributed by atoms with E-state index in [1.165, 1.54) is 6.92 Å². The second-order valence-corrected chi connectivity index (χ2v) is 3.15. The van der Waals surface area contributed by atoms with Gasteiger partial charge in [0.05, 0.1) is 5.75 Å². The summed E-state index contributed by atoms with van der Waals surface area (Å²) < 4.78 is 0. The Morgan fingerprint density at radius 3 is 2.40 bits per heavy atom. The van der Waals surface area contributed by atoms with Crippen LogP contribution in [-0.2, 0) is 9.59 Å². The van der Waals surface area contributed by atoms with Crippen molar-refractivity contribution in [3.05, 3.63) is 0 Å². The van der Waals surface area contributed by atoms with Gasteiger partial charge in [-0.1, -0.05) is 18.7 Å². The lowest BCUT2D eigenvalue weighted by molar-refractivity contribution is -0.115. The summed E-state index contributed by atoms with van der Waals surface area (Å²) in [6.07, 6.45) is 1.45. The third-order valence-corrected chi connectivity index (χ3v) is 1.97. The van der Waals surface area contributed by atoms with Crippen molar-refractivity contribution in [3.8, 4) is 0 Å². The Morgan fingerprint density at radius 2 is 2.00 bits per heavy atom. The standard InChI is InChI=1S/C7H12O2S/c1-3-4-7(9)10-5-6(2)8/h3-5H2,1-2H3. The zero-order valence-electron chi connectivity index (χ0n) is 6.35. The molecule has 0 radical (unpaired) electrons. The molecule has 0 aliphatic rings. The SMILES string of the molecule is CCCC(=O)SCC(C)=O. The Bertz CT molecular complexity index is 132. The van der Waals surface area contributed by atoms with Crippen LogP contribution >= 0.6 is 11.8 Å². The summed E-state index contributed by atoms with van der Waals surface area (Å²) in [4.78, 5) is 21.1. The summed E-state index contributed by atoms with van der Waals surface area (Å²) in [7, 11) is 0. The number of carbonyl (C=O) groups excluding carboxylic acids is 2. The highest BCUT2D eigenvalue weighted by Crippen LogP contribution is 2.06. The molecule has 0 amide bonds. The van der Waals surface area contributed by atoms with Crippen molar-refractivity contribution in [2.75, 3.05) is 5.75 Å². The fourth-order valence-corrected chi connectivity index (χ4v) is 1.17. The Labute approximate surface area is 65.4 Å².